The van der Waals surface area contributed by atoms with Crippen LogP contribution in [0, 0.1) is 20.2 Å². The highest BCUT2D eigenvalue weighted by atomic mass is 16.6. The van der Waals surface area contributed by atoms with Gasteiger partial charge in [-0.2, -0.15) is 5.43 Å². The number of nitro groups is 2. The zero-order chi connectivity index (χ0) is 15.7. The number of carboxylic acids is 1. The highest BCUT2D eigenvalue weighted by molar-refractivity contribution is 5.94. The van der Waals surface area contributed by atoms with Gasteiger partial charge in [0.15, 0.2) is 5.57 Å². The number of hydrazine groups is 1. The number of carbonyl (C=O) groups is 1. The first-order valence-corrected chi connectivity index (χ1v) is 5.40. The van der Waals surface area contributed by atoms with Crippen LogP contribution in [0.2, 0.25) is 0 Å². The Morgan fingerprint density at radius 2 is 2.05 bits per heavy atom. The third-order valence-corrected chi connectivity index (χ3v) is 2.60. The van der Waals surface area contributed by atoms with Crippen LogP contribution in [0.5, 0.6) is 0 Å². The van der Waals surface area contributed by atoms with Crippen molar-refractivity contribution in [3.63, 3.8) is 0 Å². The van der Waals surface area contributed by atoms with Crippen LogP contribution < -0.4 is 5.43 Å². The Morgan fingerprint density at radius 1 is 1.38 bits per heavy atom. The summed E-state index contributed by atoms with van der Waals surface area (Å²) in [5, 5.41) is 31.5. The number of hydrogen-bond acceptors (Lipinski definition) is 8. The van der Waals surface area contributed by atoms with Crippen LogP contribution in [-0.4, -0.2) is 33.0 Å². The van der Waals surface area contributed by atoms with E-state index < -0.39 is 33.1 Å². The molecule has 0 atom stereocenters. The molecule has 2 N–H and O–H groups in total. The zero-order valence-electron chi connectivity index (χ0n) is 10.5. The van der Waals surface area contributed by atoms with Gasteiger partial charge < -0.3 is 19.6 Å². The molecule has 1 aromatic rings. The first-order chi connectivity index (χ1) is 9.81. The Morgan fingerprint density at radius 3 is 2.52 bits per heavy atom. The summed E-state index contributed by atoms with van der Waals surface area (Å²) in [5.41, 5.74) is 1.65. The van der Waals surface area contributed by atoms with Crippen LogP contribution in [0.3, 0.4) is 0 Å². The van der Waals surface area contributed by atoms with E-state index in [-0.39, 0.29) is 11.5 Å². The average molecular weight is 296 g/mol. The first-order valence-electron chi connectivity index (χ1n) is 5.40. The van der Waals surface area contributed by atoms with Crippen molar-refractivity contribution in [1.82, 2.24) is 10.4 Å². The molecule has 0 fully saturated rings. The molecular formula is C10H8N4O7. The van der Waals surface area contributed by atoms with Gasteiger partial charge in [0.25, 0.3) is 0 Å². The van der Waals surface area contributed by atoms with Crippen molar-refractivity contribution in [2.24, 2.45) is 0 Å². The summed E-state index contributed by atoms with van der Waals surface area (Å²) >= 11 is 0. The minimum atomic E-state index is -1.51. The molecule has 2 heterocycles. The lowest BCUT2D eigenvalue weighted by Crippen LogP contribution is -2.28. The predicted molar refractivity (Wildman–Crippen MR) is 65.9 cm³/mol. The average Bonchev–Trinajstić information content (AvgIpc) is 2.96. The zero-order valence-corrected chi connectivity index (χ0v) is 10.5. The van der Waals surface area contributed by atoms with Crippen molar-refractivity contribution in [1.29, 1.82) is 0 Å². The second-order valence-corrected chi connectivity index (χ2v) is 3.92. The van der Waals surface area contributed by atoms with Gasteiger partial charge in [0.2, 0.25) is 0 Å². The van der Waals surface area contributed by atoms with Gasteiger partial charge >= 0.3 is 17.7 Å². The van der Waals surface area contributed by atoms with Crippen molar-refractivity contribution < 1.29 is 24.2 Å². The summed E-state index contributed by atoms with van der Waals surface area (Å²) in [6.07, 6.45) is 1.15. The number of carboxylic acid groups (broad SMARTS) is 1. The topological polar surface area (TPSA) is 152 Å². The molecule has 1 aromatic heterocycles. The lowest BCUT2D eigenvalue weighted by atomic mass is 10.2. The standard InChI is InChI=1S/C10H8N4O7/c1-12-6(4-5-2-3-7(21-5)13(17)18)8(10(15)16)9(11-12)14(19)20/h2-4,11H,1H3,(H,15,16). The molecule has 0 radical (unpaired) electrons. The summed E-state index contributed by atoms with van der Waals surface area (Å²) in [6, 6.07) is 2.34. The fourth-order valence-electron chi connectivity index (χ4n) is 1.73. The molecule has 11 nitrogen and oxygen atoms in total. The molecule has 0 aromatic carbocycles. The molecule has 21 heavy (non-hydrogen) atoms. The smallest absolute Gasteiger partial charge is 0.433 e. The van der Waals surface area contributed by atoms with Crippen molar-refractivity contribution in [3.8, 4) is 0 Å². The molecule has 110 valence electrons. The summed E-state index contributed by atoms with van der Waals surface area (Å²) < 4.78 is 4.86. The van der Waals surface area contributed by atoms with E-state index in [0.29, 0.717) is 0 Å². The normalized spacial score (nSPS) is 16.2. The van der Waals surface area contributed by atoms with Gasteiger partial charge in [-0.3, -0.25) is 10.1 Å². The Kier molecular flexibility index (Phi) is 3.32. The maximum atomic E-state index is 11.2. The van der Waals surface area contributed by atoms with Gasteiger partial charge in [-0.1, -0.05) is 0 Å². The van der Waals surface area contributed by atoms with Crippen LogP contribution in [-0.2, 0) is 4.79 Å². The number of nitrogens with zero attached hydrogens (tertiary/aromatic N) is 3. The van der Waals surface area contributed by atoms with Gasteiger partial charge in [0.05, 0.1) is 6.07 Å². The molecule has 0 spiro atoms. The van der Waals surface area contributed by atoms with Crippen LogP contribution in [0.15, 0.2) is 33.6 Å². The molecule has 0 amide bonds. The van der Waals surface area contributed by atoms with E-state index in [0.717, 1.165) is 17.2 Å². The van der Waals surface area contributed by atoms with Crippen molar-refractivity contribution in [3.05, 3.63) is 55.2 Å². The fraction of sp³-hybridized carbons (Fsp3) is 0.100. The number of likely N-dealkylation sites (N-methyl/N-ethyl adjacent to an activating group) is 1. The van der Waals surface area contributed by atoms with Crippen molar-refractivity contribution in [2.75, 3.05) is 7.05 Å². The van der Waals surface area contributed by atoms with Gasteiger partial charge in [-0.25, -0.2) is 9.80 Å². The van der Waals surface area contributed by atoms with Crippen LogP contribution in [0.1, 0.15) is 5.76 Å². The van der Waals surface area contributed by atoms with E-state index in [1.807, 2.05) is 0 Å². The van der Waals surface area contributed by atoms with E-state index >= 15 is 0 Å². The fourth-order valence-corrected chi connectivity index (χ4v) is 1.73. The molecule has 11 heteroatoms. The monoisotopic (exact) mass is 296 g/mol. The van der Waals surface area contributed by atoms with Crippen LogP contribution in [0.25, 0.3) is 6.08 Å². The Labute approximate surface area is 116 Å². The van der Waals surface area contributed by atoms with E-state index in [2.05, 4.69) is 5.43 Å². The third kappa shape index (κ3) is 2.51. The number of aliphatic carboxylic acids is 1. The molecule has 1 aliphatic heterocycles. The minimum Gasteiger partial charge on any atom is -0.477 e. The summed E-state index contributed by atoms with van der Waals surface area (Å²) in [4.78, 5) is 30.9. The highest BCUT2D eigenvalue weighted by Gasteiger charge is 2.38. The lowest BCUT2D eigenvalue weighted by Gasteiger charge is -2.08. The first kappa shape index (κ1) is 14.0. The van der Waals surface area contributed by atoms with Gasteiger partial charge in [0, 0.05) is 13.1 Å². The van der Waals surface area contributed by atoms with E-state index in [1.54, 1.807) is 0 Å². The summed E-state index contributed by atoms with van der Waals surface area (Å²) in [7, 11) is 1.36. The Balaban J connectivity index is 2.49. The van der Waals surface area contributed by atoms with E-state index in [4.69, 9.17) is 9.52 Å². The molecule has 0 aliphatic carbocycles. The number of hydrogen-bond donors (Lipinski definition) is 2. The SMILES string of the molecule is CN1NC([N+](=O)[O-])=C(C(=O)O)C1=Cc1ccc([N+](=O)[O-])o1. The number of nitrogens with one attached hydrogen (secondary N) is 1. The number of furan rings is 1. The maximum Gasteiger partial charge on any atom is 0.433 e. The van der Waals surface area contributed by atoms with Gasteiger partial charge in [-0.05, 0) is 11.0 Å². The molecule has 2 rings (SSSR count). The van der Waals surface area contributed by atoms with E-state index in [9.17, 15) is 25.0 Å². The second-order valence-electron chi connectivity index (χ2n) is 3.92. The molecule has 0 saturated heterocycles. The quantitative estimate of drug-likeness (QED) is 0.599. The maximum absolute atomic E-state index is 11.2. The lowest BCUT2D eigenvalue weighted by molar-refractivity contribution is -0.434. The van der Waals surface area contributed by atoms with Crippen molar-refractivity contribution >= 4 is 17.9 Å². The van der Waals surface area contributed by atoms with Crippen molar-refractivity contribution in [2.45, 2.75) is 0 Å². The summed E-state index contributed by atoms with van der Waals surface area (Å²) in [5.74, 6) is -2.73. The van der Waals surface area contributed by atoms with E-state index in [1.165, 1.54) is 13.1 Å². The van der Waals surface area contributed by atoms with Gasteiger partial charge in [0.1, 0.15) is 16.4 Å². The molecule has 0 unspecified atom stereocenters. The van der Waals surface area contributed by atoms with Gasteiger partial charge in [-0.15, -0.1) is 0 Å². The van der Waals surface area contributed by atoms with Crippen LogP contribution in [0.4, 0.5) is 5.88 Å². The number of rotatable bonds is 4. The summed E-state index contributed by atoms with van der Waals surface area (Å²) in [6.45, 7) is 0. The second kappa shape index (κ2) is 4.96. The van der Waals surface area contributed by atoms with Crippen LogP contribution >= 0.6 is 0 Å². The Bertz CT molecular complexity index is 702. The highest BCUT2D eigenvalue weighted by Crippen LogP contribution is 2.27. The Hall–Kier alpha value is -3.37. The molecular weight excluding hydrogens is 288 g/mol. The largest absolute Gasteiger partial charge is 0.477 e. The predicted octanol–water partition coefficient (Wildman–Crippen LogP) is 0.552. The molecule has 0 bridgehead atoms. The molecule has 0 saturated carbocycles. The third-order valence-electron chi connectivity index (χ3n) is 2.60. The molecule has 1 aliphatic rings. The minimum absolute atomic E-state index is 0.00584.